The smallest absolute Gasteiger partial charge is 0.257 e. The van der Waals surface area contributed by atoms with Crippen molar-refractivity contribution in [2.24, 2.45) is 0 Å². The fourth-order valence-corrected chi connectivity index (χ4v) is 3.63. The maximum atomic E-state index is 12.3. The molecule has 0 aliphatic carbocycles. The molecule has 2 N–H and O–H groups in total. The van der Waals surface area contributed by atoms with Crippen LogP contribution in [-0.4, -0.2) is 25.9 Å². The molecule has 0 aliphatic heterocycles. The first-order valence-electron chi connectivity index (χ1n) is 8.55. The Hall–Kier alpha value is -2.42. The topological polar surface area (TPSA) is 71.8 Å². The van der Waals surface area contributed by atoms with E-state index in [0.29, 0.717) is 22.2 Å². The molecule has 0 bridgehead atoms. The highest BCUT2D eigenvalue weighted by Crippen LogP contribution is 2.21. The number of hydrogen-bond donors (Lipinski definition) is 2. The molecule has 0 fully saturated rings. The van der Waals surface area contributed by atoms with E-state index in [4.69, 9.17) is 23.8 Å². The number of hydrogen-bond acceptors (Lipinski definition) is 5. The van der Waals surface area contributed by atoms with Crippen LogP contribution in [0.2, 0.25) is 5.02 Å². The van der Waals surface area contributed by atoms with Crippen LogP contribution in [0.25, 0.3) is 0 Å². The molecule has 3 aromatic rings. The van der Waals surface area contributed by atoms with Crippen LogP contribution in [-0.2, 0) is 12.2 Å². The standard InChI is InChI=1S/C19H18ClN5OS2/c1-2-16-22-23-19(28-12-13-7-4-3-5-8-13)25(16)24-18(27)21-17(26)14-9-6-10-15(20)11-14/h3-11H,2,12H2,1H3,(H2,21,24,26,27). The summed E-state index contributed by atoms with van der Waals surface area (Å²) < 4.78 is 1.70. The summed E-state index contributed by atoms with van der Waals surface area (Å²) in [6.45, 7) is 1.97. The minimum Gasteiger partial charge on any atom is -0.298 e. The number of thioether (sulfide) groups is 1. The third-order valence-corrected chi connectivity index (χ3v) is 5.18. The van der Waals surface area contributed by atoms with E-state index in [2.05, 4.69) is 33.1 Å². The van der Waals surface area contributed by atoms with Crippen molar-refractivity contribution < 1.29 is 4.79 Å². The highest BCUT2D eigenvalue weighted by Gasteiger charge is 2.14. The van der Waals surface area contributed by atoms with Crippen LogP contribution < -0.4 is 10.7 Å². The van der Waals surface area contributed by atoms with Crippen LogP contribution in [0.3, 0.4) is 0 Å². The molecule has 2 aromatic carbocycles. The van der Waals surface area contributed by atoms with Crippen molar-refractivity contribution in [1.29, 1.82) is 0 Å². The molecule has 0 radical (unpaired) electrons. The Labute approximate surface area is 177 Å². The molecule has 0 spiro atoms. The second-order valence-corrected chi connectivity index (χ2v) is 7.55. The summed E-state index contributed by atoms with van der Waals surface area (Å²) in [7, 11) is 0. The van der Waals surface area contributed by atoms with Crippen molar-refractivity contribution in [3.8, 4) is 0 Å². The first kappa shape index (κ1) is 20.3. The van der Waals surface area contributed by atoms with Crippen LogP contribution in [0.15, 0.2) is 59.8 Å². The Balaban J connectivity index is 1.67. The summed E-state index contributed by atoms with van der Waals surface area (Å²) in [6, 6.07) is 16.7. The van der Waals surface area contributed by atoms with Gasteiger partial charge in [-0.3, -0.25) is 15.5 Å². The molecule has 0 aliphatic rings. The van der Waals surface area contributed by atoms with Gasteiger partial charge in [-0.1, -0.05) is 66.7 Å². The molecule has 0 saturated heterocycles. The molecule has 1 heterocycles. The van der Waals surface area contributed by atoms with Gasteiger partial charge < -0.3 is 0 Å². The lowest BCUT2D eigenvalue weighted by Gasteiger charge is -2.13. The predicted molar refractivity (Wildman–Crippen MR) is 116 cm³/mol. The molecule has 1 amide bonds. The molecule has 9 heteroatoms. The van der Waals surface area contributed by atoms with Crippen LogP contribution in [0.4, 0.5) is 0 Å². The molecule has 3 rings (SSSR count). The lowest BCUT2D eigenvalue weighted by Crippen LogP contribution is -2.38. The first-order chi connectivity index (χ1) is 13.6. The zero-order valence-electron chi connectivity index (χ0n) is 15.1. The fraction of sp³-hybridized carbons (Fsp3) is 0.158. The first-order valence-corrected chi connectivity index (χ1v) is 10.3. The third-order valence-electron chi connectivity index (χ3n) is 3.75. The summed E-state index contributed by atoms with van der Waals surface area (Å²) in [5, 5.41) is 12.4. The molecule has 6 nitrogen and oxygen atoms in total. The van der Waals surface area contributed by atoms with Crippen molar-refractivity contribution >= 4 is 46.6 Å². The number of carbonyl (C=O) groups excluding carboxylic acids is 1. The minimum atomic E-state index is -0.343. The van der Waals surface area contributed by atoms with Crippen molar-refractivity contribution in [3.05, 3.63) is 76.6 Å². The van der Waals surface area contributed by atoms with Crippen LogP contribution in [0.1, 0.15) is 28.7 Å². The number of carbonyl (C=O) groups is 1. The zero-order chi connectivity index (χ0) is 19.9. The van der Waals surface area contributed by atoms with Crippen LogP contribution in [0.5, 0.6) is 0 Å². The highest BCUT2D eigenvalue weighted by atomic mass is 35.5. The van der Waals surface area contributed by atoms with E-state index < -0.39 is 0 Å². The van der Waals surface area contributed by atoms with Crippen LogP contribution in [0, 0.1) is 0 Å². The summed E-state index contributed by atoms with van der Waals surface area (Å²) in [5.41, 5.74) is 4.60. The summed E-state index contributed by atoms with van der Waals surface area (Å²) >= 11 is 12.8. The molecular weight excluding hydrogens is 414 g/mol. The fourth-order valence-electron chi connectivity index (χ4n) is 2.39. The summed E-state index contributed by atoms with van der Waals surface area (Å²) in [5.74, 6) is 1.12. The molecule has 0 atom stereocenters. The van der Waals surface area contributed by atoms with Gasteiger partial charge in [0.1, 0.15) is 0 Å². The summed E-state index contributed by atoms with van der Waals surface area (Å²) in [4.78, 5) is 12.3. The number of halogens is 1. The van der Waals surface area contributed by atoms with Crippen molar-refractivity contribution in [1.82, 2.24) is 20.2 Å². The van der Waals surface area contributed by atoms with E-state index in [1.807, 2.05) is 25.1 Å². The van der Waals surface area contributed by atoms with Crippen molar-refractivity contribution in [3.63, 3.8) is 0 Å². The number of nitrogens with one attached hydrogen (secondary N) is 2. The number of aromatic nitrogens is 3. The Kier molecular flexibility index (Phi) is 7.02. The minimum absolute atomic E-state index is 0.154. The Morgan fingerprint density at radius 2 is 1.96 bits per heavy atom. The van der Waals surface area contributed by atoms with Gasteiger partial charge in [-0.05, 0) is 36.0 Å². The number of thiocarbonyl (C=S) groups is 1. The average molecular weight is 432 g/mol. The molecule has 144 valence electrons. The van der Waals surface area contributed by atoms with Gasteiger partial charge in [-0.25, -0.2) is 4.68 Å². The monoisotopic (exact) mass is 431 g/mol. The van der Waals surface area contributed by atoms with E-state index in [1.165, 1.54) is 17.3 Å². The lowest BCUT2D eigenvalue weighted by atomic mass is 10.2. The van der Waals surface area contributed by atoms with Gasteiger partial charge in [0.2, 0.25) is 5.16 Å². The number of nitrogens with zero attached hydrogens (tertiary/aromatic N) is 3. The highest BCUT2D eigenvalue weighted by molar-refractivity contribution is 7.98. The second-order valence-electron chi connectivity index (χ2n) is 5.77. The van der Waals surface area contributed by atoms with E-state index in [0.717, 1.165) is 11.6 Å². The molecule has 0 saturated carbocycles. The Morgan fingerprint density at radius 3 is 2.68 bits per heavy atom. The number of amides is 1. The molecule has 0 unspecified atom stereocenters. The number of benzene rings is 2. The van der Waals surface area contributed by atoms with Gasteiger partial charge in [0.15, 0.2) is 10.9 Å². The van der Waals surface area contributed by atoms with E-state index in [-0.39, 0.29) is 11.0 Å². The molecular formula is C19H18ClN5OS2. The Bertz CT molecular complexity index is 977. The number of rotatable bonds is 6. The second kappa shape index (κ2) is 9.68. The zero-order valence-corrected chi connectivity index (χ0v) is 17.4. The average Bonchev–Trinajstić information content (AvgIpc) is 3.08. The van der Waals surface area contributed by atoms with Gasteiger partial charge in [0, 0.05) is 22.8 Å². The van der Waals surface area contributed by atoms with Crippen molar-refractivity contribution in [2.75, 3.05) is 5.43 Å². The van der Waals surface area contributed by atoms with Gasteiger partial charge in [-0.2, -0.15) is 0 Å². The molecule has 1 aromatic heterocycles. The number of aryl methyl sites for hydroxylation is 1. The lowest BCUT2D eigenvalue weighted by molar-refractivity contribution is 0.0977. The van der Waals surface area contributed by atoms with Crippen LogP contribution >= 0.6 is 35.6 Å². The SMILES string of the molecule is CCc1nnc(SCc2ccccc2)n1NC(=S)NC(=O)c1cccc(Cl)c1. The quantitative estimate of drug-likeness (QED) is 0.453. The molecule has 28 heavy (non-hydrogen) atoms. The third kappa shape index (κ3) is 5.31. The van der Waals surface area contributed by atoms with E-state index in [1.54, 1.807) is 28.9 Å². The summed E-state index contributed by atoms with van der Waals surface area (Å²) in [6.07, 6.45) is 0.663. The Morgan fingerprint density at radius 1 is 1.18 bits per heavy atom. The van der Waals surface area contributed by atoms with Gasteiger partial charge in [0.25, 0.3) is 5.91 Å². The van der Waals surface area contributed by atoms with Gasteiger partial charge >= 0.3 is 0 Å². The van der Waals surface area contributed by atoms with Crippen molar-refractivity contribution in [2.45, 2.75) is 24.3 Å². The maximum absolute atomic E-state index is 12.3. The maximum Gasteiger partial charge on any atom is 0.257 e. The predicted octanol–water partition coefficient (Wildman–Crippen LogP) is 4.04. The van der Waals surface area contributed by atoms with Gasteiger partial charge in [0.05, 0.1) is 0 Å². The normalized spacial score (nSPS) is 10.5. The van der Waals surface area contributed by atoms with Gasteiger partial charge in [-0.15, -0.1) is 10.2 Å². The van der Waals surface area contributed by atoms with E-state index in [9.17, 15) is 4.79 Å². The van der Waals surface area contributed by atoms with E-state index >= 15 is 0 Å². The largest absolute Gasteiger partial charge is 0.298 e.